The summed E-state index contributed by atoms with van der Waals surface area (Å²) in [4.78, 5) is 13.5. The molecule has 38 heavy (non-hydrogen) atoms. The topological polar surface area (TPSA) is 134 Å². The minimum absolute atomic E-state index is 0.156. The third-order valence-corrected chi connectivity index (χ3v) is 6.49. The van der Waals surface area contributed by atoms with Gasteiger partial charge in [0.1, 0.15) is 17.4 Å². The van der Waals surface area contributed by atoms with Crippen LogP contribution in [0.5, 0.6) is 5.75 Å². The maximum atomic E-state index is 10.3. The van der Waals surface area contributed by atoms with Crippen LogP contribution in [0.2, 0.25) is 0 Å². The van der Waals surface area contributed by atoms with Crippen molar-refractivity contribution in [3.63, 3.8) is 0 Å². The SMILES string of the molecule is C[C@H]1CCN(c2cc(-c3ccccc3O)nnc2N)CCN1c1ccnc(C#CCNc2ccn(C)n2)n1. The van der Waals surface area contributed by atoms with Gasteiger partial charge in [0.05, 0.1) is 17.9 Å². The van der Waals surface area contributed by atoms with E-state index in [1.165, 1.54) is 0 Å². The number of aromatic nitrogens is 6. The molecule has 0 unspecified atom stereocenters. The van der Waals surface area contributed by atoms with Gasteiger partial charge in [-0.05, 0) is 43.5 Å². The molecule has 4 N–H and O–H groups in total. The van der Waals surface area contributed by atoms with E-state index >= 15 is 0 Å². The number of hydrogen-bond donors (Lipinski definition) is 3. The highest BCUT2D eigenvalue weighted by Gasteiger charge is 2.24. The average molecular weight is 511 g/mol. The van der Waals surface area contributed by atoms with Crippen molar-refractivity contribution in [3.05, 3.63) is 60.7 Å². The molecule has 3 aromatic heterocycles. The Kier molecular flexibility index (Phi) is 7.21. The molecule has 0 bridgehead atoms. The predicted molar refractivity (Wildman–Crippen MR) is 148 cm³/mol. The maximum absolute atomic E-state index is 10.3. The Balaban J connectivity index is 1.29. The van der Waals surface area contributed by atoms with E-state index < -0.39 is 0 Å². The molecule has 11 nitrogen and oxygen atoms in total. The average Bonchev–Trinajstić information content (AvgIpc) is 3.24. The zero-order valence-electron chi connectivity index (χ0n) is 21.4. The molecule has 1 aliphatic rings. The Labute approximate surface area is 221 Å². The van der Waals surface area contributed by atoms with Gasteiger partial charge in [0.2, 0.25) is 5.82 Å². The Bertz CT molecular complexity index is 1470. The fraction of sp³-hybridized carbons (Fsp3) is 0.296. The van der Waals surface area contributed by atoms with Gasteiger partial charge < -0.3 is 26.0 Å². The van der Waals surface area contributed by atoms with E-state index in [2.05, 4.69) is 54.2 Å². The lowest BCUT2D eigenvalue weighted by Crippen LogP contribution is -2.35. The standard InChI is InChI=1S/C27H30N10O/c1-19-10-15-36(22-18-21(32-33-27(22)28)20-6-3-4-7-23(20)38)16-17-37(19)26-9-13-30-24(31-26)8-5-12-29-25-11-14-35(2)34-25/h3-4,6-7,9,11,13-14,18-19,38H,10,12,15-17H2,1-2H3,(H2,28,33)(H,29,34)/t19-/m0/s1. The quantitative estimate of drug-likeness (QED) is 0.344. The van der Waals surface area contributed by atoms with Gasteiger partial charge in [-0.25, -0.2) is 9.97 Å². The summed E-state index contributed by atoms with van der Waals surface area (Å²) in [5.41, 5.74) is 8.26. The Hall–Kier alpha value is -4.85. The first-order chi connectivity index (χ1) is 18.5. The second kappa shape index (κ2) is 11.0. The fourth-order valence-corrected chi connectivity index (χ4v) is 4.44. The molecule has 4 aromatic rings. The molecule has 11 heteroatoms. The first kappa shape index (κ1) is 24.8. The molecule has 0 amide bonds. The van der Waals surface area contributed by atoms with Crippen molar-refractivity contribution in [2.24, 2.45) is 7.05 Å². The molecular weight excluding hydrogens is 480 g/mol. The molecular formula is C27H30N10O. The second-order valence-corrected chi connectivity index (χ2v) is 9.10. The monoisotopic (exact) mass is 510 g/mol. The number of nitrogen functional groups attached to an aromatic ring is 1. The molecule has 194 valence electrons. The number of aryl methyl sites for hydroxylation is 1. The minimum atomic E-state index is 0.156. The van der Waals surface area contributed by atoms with Crippen molar-refractivity contribution in [2.75, 3.05) is 47.0 Å². The molecule has 5 rings (SSSR count). The lowest BCUT2D eigenvalue weighted by molar-refractivity contribution is 0.477. The third kappa shape index (κ3) is 5.59. The Morgan fingerprint density at radius 2 is 2.00 bits per heavy atom. The molecule has 0 saturated carbocycles. The van der Waals surface area contributed by atoms with Gasteiger partial charge in [0.15, 0.2) is 5.82 Å². The number of anilines is 4. The van der Waals surface area contributed by atoms with Crippen LogP contribution in [0.3, 0.4) is 0 Å². The Morgan fingerprint density at radius 3 is 2.82 bits per heavy atom. The van der Waals surface area contributed by atoms with Crippen LogP contribution in [0.25, 0.3) is 11.3 Å². The van der Waals surface area contributed by atoms with Crippen LogP contribution in [0, 0.1) is 11.8 Å². The van der Waals surface area contributed by atoms with Crippen LogP contribution in [0.15, 0.2) is 54.9 Å². The number of phenols is 1. The fourth-order valence-electron chi connectivity index (χ4n) is 4.44. The van der Waals surface area contributed by atoms with Crippen molar-refractivity contribution in [2.45, 2.75) is 19.4 Å². The lowest BCUT2D eigenvalue weighted by Gasteiger charge is -2.28. The molecule has 1 atom stereocenters. The van der Waals surface area contributed by atoms with E-state index in [0.29, 0.717) is 29.4 Å². The molecule has 1 aromatic carbocycles. The molecule has 0 aliphatic carbocycles. The minimum Gasteiger partial charge on any atom is -0.507 e. The number of nitrogens with two attached hydrogens (primary N) is 1. The number of nitrogens with zero attached hydrogens (tertiary/aromatic N) is 8. The summed E-state index contributed by atoms with van der Waals surface area (Å²) >= 11 is 0. The number of phenolic OH excluding ortho intramolecular Hbond substituents is 1. The third-order valence-electron chi connectivity index (χ3n) is 6.49. The van der Waals surface area contributed by atoms with Crippen LogP contribution < -0.4 is 20.9 Å². The van der Waals surface area contributed by atoms with Gasteiger partial charge in [-0.2, -0.15) is 5.10 Å². The van der Waals surface area contributed by atoms with Gasteiger partial charge >= 0.3 is 0 Å². The zero-order valence-corrected chi connectivity index (χ0v) is 21.4. The van der Waals surface area contributed by atoms with Crippen molar-refractivity contribution < 1.29 is 5.11 Å². The molecule has 1 saturated heterocycles. The van der Waals surface area contributed by atoms with Crippen molar-refractivity contribution in [3.8, 4) is 28.8 Å². The van der Waals surface area contributed by atoms with E-state index in [4.69, 9.17) is 10.7 Å². The second-order valence-electron chi connectivity index (χ2n) is 9.10. The lowest BCUT2D eigenvalue weighted by atomic mass is 10.1. The summed E-state index contributed by atoms with van der Waals surface area (Å²) < 4.78 is 1.73. The molecule has 1 fully saturated rings. The number of para-hydroxylation sites is 1. The van der Waals surface area contributed by atoms with Gasteiger partial charge in [-0.3, -0.25) is 4.68 Å². The van der Waals surface area contributed by atoms with E-state index in [1.54, 1.807) is 23.0 Å². The smallest absolute Gasteiger partial charge is 0.206 e. The molecule has 0 radical (unpaired) electrons. The maximum Gasteiger partial charge on any atom is 0.206 e. The zero-order chi connectivity index (χ0) is 26.5. The number of nitrogens with one attached hydrogen (secondary N) is 1. The summed E-state index contributed by atoms with van der Waals surface area (Å²) in [5, 5.41) is 26.1. The summed E-state index contributed by atoms with van der Waals surface area (Å²) in [6, 6.07) is 13.0. The van der Waals surface area contributed by atoms with Crippen LogP contribution in [-0.4, -0.2) is 67.3 Å². The molecule has 1 aliphatic heterocycles. The van der Waals surface area contributed by atoms with Crippen molar-refractivity contribution in [1.82, 2.24) is 29.9 Å². The highest BCUT2D eigenvalue weighted by molar-refractivity contribution is 5.74. The largest absolute Gasteiger partial charge is 0.507 e. The Morgan fingerprint density at radius 1 is 1.13 bits per heavy atom. The summed E-state index contributed by atoms with van der Waals surface area (Å²) in [7, 11) is 1.87. The highest BCUT2D eigenvalue weighted by atomic mass is 16.3. The normalized spacial score (nSPS) is 15.5. The van der Waals surface area contributed by atoms with Crippen LogP contribution in [-0.2, 0) is 7.05 Å². The number of aromatic hydroxyl groups is 1. The number of rotatable bonds is 5. The molecule has 4 heterocycles. The van der Waals surface area contributed by atoms with E-state index in [9.17, 15) is 5.11 Å². The van der Waals surface area contributed by atoms with Crippen molar-refractivity contribution >= 4 is 23.1 Å². The van der Waals surface area contributed by atoms with E-state index in [-0.39, 0.29) is 11.8 Å². The predicted octanol–water partition coefficient (Wildman–Crippen LogP) is 2.52. The summed E-state index contributed by atoms with van der Waals surface area (Å²) in [6.45, 7) is 4.89. The van der Waals surface area contributed by atoms with Crippen molar-refractivity contribution in [1.29, 1.82) is 0 Å². The van der Waals surface area contributed by atoms with Crippen LogP contribution >= 0.6 is 0 Å². The number of hydrogen-bond acceptors (Lipinski definition) is 10. The van der Waals surface area contributed by atoms with Gasteiger partial charge in [0.25, 0.3) is 0 Å². The van der Waals surface area contributed by atoms with Gasteiger partial charge in [0, 0.05) is 56.7 Å². The summed E-state index contributed by atoms with van der Waals surface area (Å²) in [6.07, 6.45) is 4.52. The van der Waals surface area contributed by atoms with E-state index in [1.807, 2.05) is 43.6 Å². The summed E-state index contributed by atoms with van der Waals surface area (Å²) in [5.74, 6) is 8.72. The number of benzene rings is 1. The van der Waals surface area contributed by atoms with E-state index in [0.717, 1.165) is 43.4 Å². The van der Waals surface area contributed by atoms with Crippen LogP contribution in [0.4, 0.5) is 23.1 Å². The van der Waals surface area contributed by atoms with Gasteiger partial charge in [-0.1, -0.05) is 18.1 Å². The highest BCUT2D eigenvalue weighted by Crippen LogP contribution is 2.32. The molecule has 0 spiro atoms. The van der Waals surface area contributed by atoms with Crippen LogP contribution in [0.1, 0.15) is 19.2 Å². The first-order valence-corrected chi connectivity index (χ1v) is 12.5. The first-order valence-electron chi connectivity index (χ1n) is 12.5. The van der Waals surface area contributed by atoms with Gasteiger partial charge in [-0.15, -0.1) is 10.2 Å².